The maximum absolute atomic E-state index is 13.8. The van der Waals surface area contributed by atoms with Gasteiger partial charge in [0, 0.05) is 35.1 Å². The van der Waals surface area contributed by atoms with E-state index >= 15 is 0 Å². The third-order valence-corrected chi connectivity index (χ3v) is 5.48. The monoisotopic (exact) mass is 363 g/mol. The van der Waals surface area contributed by atoms with Crippen LogP contribution >= 0.6 is 0 Å². The zero-order chi connectivity index (χ0) is 18.0. The van der Waals surface area contributed by atoms with E-state index < -0.39 is 5.67 Å². The van der Waals surface area contributed by atoms with E-state index in [4.69, 9.17) is 4.98 Å². The average molecular weight is 363 g/mol. The molecule has 0 saturated heterocycles. The highest BCUT2D eigenvalue weighted by atomic mass is 19.1. The van der Waals surface area contributed by atoms with Crippen molar-refractivity contribution in [3.63, 3.8) is 0 Å². The van der Waals surface area contributed by atoms with E-state index in [1.165, 1.54) is 18.4 Å². The zero-order valence-corrected chi connectivity index (χ0v) is 14.6. The smallest absolute Gasteiger partial charge is 0.224 e. The number of aromatic amines is 1. The van der Waals surface area contributed by atoms with Crippen molar-refractivity contribution in [2.45, 2.75) is 37.3 Å². The first-order valence-electron chi connectivity index (χ1n) is 9.30. The van der Waals surface area contributed by atoms with Gasteiger partial charge in [0.1, 0.15) is 11.3 Å². The van der Waals surface area contributed by atoms with E-state index in [-0.39, 0.29) is 6.54 Å². The number of halogens is 1. The van der Waals surface area contributed by atoms with Crippen molar-refractivity contribution in [2.24, 2.45) is 0 Å². The Kier molecular flexibility index (Phi) is 2.93. The molecule has 2 fully saturated rings. The topological polar surface area (TPSA) is 83.8 Å². The zero-order valence-electron chi connectivity index (χ0n) is 14.6. The molecule has 2 aliphatic rings. The van der Waals surface area contributed by atoms with Gasteiger partial charge in [0.25, 0.3) is 0 Å². The Morgan fingerprint density at radius 1 is 1.26 bits per heavy atom. The summed E-state index contributed by atoms with van der Waals surface area (Å²) in [4.78, 5) is 16.9. The van der Waals surface area contributed by atoms with Crippen LogP contribution in [0.5, 0.6) is 0 Å². The van der Waals surface area contributed by atoms with Gasteiger partial charge in [0.15, 0.2) is 5.65 Å². The summed E-state index contributed by atoms with van der Waals surface area (Å²) in [5.41, 5.74) is 3.58. The summed E-state index contributed by atoms with van der Waals surface area (Å²) in [5, 5.41) is 8.29. The molecule has 27 heavy (non-hydrogen) atoms. The highest BCUT2D eigenvalue weighted by Crippen LogP contribution is 2.42. The fourth-order valence-electron chi connectivity index (χ4n) is 3.47. The molecule has 2 aliphatic carbocycles. The molecule has 136 valence electrons. The molecule has 0 spiro atoms. The summed E-state index contributed by atoms with van der Waals surface area (Å²) in [6.45, 7) is 0.259. The number of aromatic nitrogens is 6. The molecule has 2 N–H and O–H groups in total. The number of alkyl halides is 1. The predicted molar refractivity (Wildman–Crippen MR) is 99.4 cm³/mol. The number of nitrogens with zero attached hydrogens (tertiary/aromatic N) is 5. The summed E-state index contributed by atoms with van der Waals surface area (Å²) < 4.78 is 15.6. The number of fused-ring (bicyclic) bond motifs is 2. The largest absolute Gasteiger partial charge is 0.351 e. The fourth-order valence-corrected chi connectivity index (χ4v) is 3.47. The molecule has 0 amide bonds. The number of nitrogens with one attached hydrogen (secondary N) is 2. The van der Waals surface area contributed by atoms with Crippen LogP contribution in [-0.4, -0.2) is 41.8 Å². The summed E-state index contributed by atoms with van der Waals surface area (Å²) in [7, 11) is 0. The van der Waals surface area contributed by atoms with Gasteiger partial charge in [-0.1, -0.05) is 0 Å². The van der Waals surface area contributed by atoms with Crippen LogP contribution in [0.15, 0.2) is 30.9 Å². The van der Waals surface area contributed by atoms with Gasteiger partial charge in [-0.3, -0.25) is 0 Å². The van der Waals surface area contributed by atoms with E-state index in [2.05, 4.69) is 25.4 Å². The molecule has 0 unspecified atom stereocenters. The van der Waals surface area contributed by atoms with Crippen LogP contribution in [0.25, 0.3) is 27.9 Å². The van der Waals surface area contributed by atoms with Gasteiger partial charge in [-0.2, -0.15) is 10.1 Å². The third-order valence-electron chi connectivity index (χ3n) is 5.48. The number of hydrogen-bond donors (Lipinski definition) is 2. The summed E-state index contributed by atoms with van der Waals surface area (Å²) in [6.07, 6.45) is 11.2. The minimum atomic E-state index is -1.08. The summed E-state index contributed by atoms with van der Waals surface area (Å²) in [5.74, 6) is 1.03. The van der Waals surface area contributed by atoms with E-state index in [1.54, 1.807) is 6.20 Å². The molecular formula is C19H18FN7. The molecule has 0 aliphatic heterocycles. The summed E-state index contributed by atoms with van der Waals surface area (Å²) >= 11 is 0. The van der Waals surface area contributed by atoms with E-state index in [0.717, 1.165) is 22.3 Å². The second-order valence-electron chi connectivity index (χ2n) is 7.62. The van der Waals surface area contributed by atoms with Crippen molar-refractivity contribution < 1.29 is 4.39 Å². The molecule has 7 nitrogen and oxygen atoms in total. The Balaban J connectivity index is 1.36. The number of anilines is 1. The molecule has 2 saturated carbocycles. The Morgan fingerprint density at radius 3 is 2.96 bits per heavy atom. The van der Waals surface area contributed by atoms with Crippen molar-refractivity contribution in [3.05, 3.63) is 36.4 Å². The SMILES string of the molecule is FC1(CNc2ncc3c(-c4ccn5ncc(C6CC6)c5n4)c[nH]c3n2)CC1. The Morgan fingerprint density at radius 2 is 2.15 bits per heavy atom. The van der Waals surface area contributed by atoms with Gasteiger partial charge >= 0.3 is 0 Å². The maximum atomic E-state index is 13.8. The van der Waals surface area contributed by atoms with E-state index in [9.17, 15) is 4.39 Å². The summed E-state index contributed by atoms with van der Waals surface area (Å²) in [6, 6.07) is 1.95. The molecule has 4 aromatic rings. The lowest BCUT2D eigenvalue weighted by Gasteiger charge is -2.07. The quantitative estimate of drug-likeness (QED) is 0.567. The lowest BCUT2D eigenvalue weighted by Crippen LogP contribution is -2.17. The molecule has 8 heteroatoms. The number of H-pyrrole nitrogens is 1. The fraction of sp³-hybridized carbons (Fsp3) is 0.368. The number of hydrogen-bond acceptors (Lipinski definition) is 5. The van der Waals surface area contributed by atoms with E-state index in [1.807, 2.05) is 29.2 Å². The molecule has 4 aromatic heterocycles. The molecular weight excluding hydrogens is 345 g/mol. The van der Waals surface area contributed by atoms with Gasteiger partial charge in [0.2, 0.25) is 5.95 Å². The van der Waals surface area contributed by atoms with Crippen LogP contribution in [0.4, 0.5) is 10.3 Å². The first-order valence-corrected chi connectivity index (χ1v) is 9.30. The second-order valence-corrected chi connectivity index (χ2v) is 7.62. The van der Waals surface area contributed by atoms with Crippen molar-refractivity contribution in [2.75, 3.05) is 11.9 Å². The van der Waals surface area contributed by atoms with Crippen LogP contribution in [-0.2, 0) is 0 Å². The first kappa shape index (κ1) is 15.1. The average Bonchev–Trinajstić information content (AvgIpc) is 3.58. The minimum Gasteiger partial charge on any atom is -0.351 e. The number of rotatable bonds is 5. The van der Waals surface area contributed by atoms with E-state index in [0.29, 0.717) is 30.4 Å². The Bertz CT molecular complexity index is 1170. The Hall–Kier alpha value is -3.03. The van der Waals surface area contributed by atoms with Crippen molar-refractivity contribution in [1.29, 1.82) is 0 Å². The Labute approximate surface area is 154 Å². The maximum Gasteiger partial charge on any atom is 0.224 e. The van der Waals surface area contributed by atoms with Crippen LogP contribution in [0.3, 0.4) is 0 Å². The lowest BCUT2D eigenvalue weighted by molar-refractivity contribution is 0.326. The van der Waals surface area contributed by atoms with Crippen LogP contribution in [0.2, 0.25) is 0 Å². The minimum absolute atomic E-state index is 0.259. The van der Waals surface area contributed by atoms with Crippen LogP contribution in [0.1, 0.15) is 37.2 Å². The van der Waals surface area contributed by atoms with Crippen molar-refractivity contribution >= 4 is 22.6 Å². The van der Waals surface area contributed by atoms with Crippen LogP contribution < -0.4 is 5.32 Å². The van der Waals surface area contributed by atoms with Gasteiger partial charge in [0.05, 0.1) is 18.4 Å². The molecule has 0 atom stereocenters. The van der Waals surface area contributed by atoms with Crippen molar-refractivity contribution in [3.8, 4) is 11.3 Å². The third kappa shape index (κ3) is 2.55. The van der Waals surface area contributed by atoms with Crippen LogP contribution in [0, 0.1) is 0 Å². The molecule has 0 radical (unpaired) electrons. The standard InChI is InChI=1S/C19H18FN7/c20-19(4-5-19)10-23-18-22-8-14-13(7-21-16(14)26-18)15-3-6-27-17(25-15)12(9-24-27)11-1-2-11/h3,6-9,11H,1-2,4-5,10H2,(H2,21,22,23,26). The molecule has 0 aromatic carbocycles. The highest BCUT2D eigenvalue weighted by molar-refractivity contribution is 5.92. The van der Waals surface area contributed by atoms with Gasteiger partial charge in [-0.15, -0.1) is 0 Å². The molecule has 0 bridgehead atoms. The predicted octanol–water partition coefficient (Wildman–Crippen LogP) is 3.46. The molecule has 6 rings (SSSR count). The van der Waals surface area contributed by atoms with Crippen molar-refractivity contribution in [1.82, 2.24) is 29.5 Å². The van der Waals surface area contributed by atoms with Gasteiger partial charge < -0.3 is 10.3 Å². The normalized spacial score (nSPS) is 18.3. The molecule has 4 heterocycles. The second kappa shape index (κ2) is 5.25. The first-order chi connectivity index (χ1) is 13.2. The highest BCUT2D eigenvalue weighted by Gasteiger charge is 2.43. The van der Waals surface area contributed by atoms with Gasteiger partial charge in [-0.25, -0.2) is 18.9 Å². The van der Waals surface area contributed by atoms with Gasteiger partial charge in [-0.05, 0) is 37.7 Å². The lowest BCUT2D eigenvalue weighted by atomic mass is 10.1.